The van der Waals surface area contributed by atoms with Gasteiger partial charge >= 0.3 is 0 Å². The van der Waals surface area contributed by atoms with Gasteiger partial charge in [0.05, 0.1) is 16.8 Å². The van der Waals surface area contributed by atoms with Crippen LogP contribution in [0.5, 0.6) is 0 Å². The molecule has 0 radical (unpaired) electrons. The molecule has 0 unspecified atom stereocenters. The molecule has 0 saturated carbocycles. The number of benzene rings is 1. The molecule has 2 heterocycles. The molecule has 0 spiro atoms. The molecular formula is C18H23N3O4S2. The summed E-state index contributed by atoms with van der Waals surface area (Å²) in [6, 6.07) is 7.47. The standard InChI is InChI=1S/C18H23N3O4S2/c1-4-21(14-9-10-27(23,24)11-14)17(22)13(3)26-18-20-19-16(25-18)15-8-6-5-7-12(15)2/h5-8,13-14H,4,9-11H2,1-3H3/t13-,14+/m0/s1. The van der Waals surface area contributed by atoms with E-state index in [1.165, 1.54) is 11.8 Å². The molecular weight excluding hydrogens is 386 g/mol. The lowest BCUT2D eigenvalue weighted by Gasteiger charge is -2.28. The van der Waals surface area contributed by atoms with Crippen LogP contribution in [0.3, 0.4) is 0 Å². The average molecular weight is 410 g/mol. The van der Waals surface area contributed by atoms with Crippen molar-refractivity contribution >= 4 is 27.5 Å². The maximum Gasteiger partial charge on any atom is 0.277 e. The van der Waals surface area contributed by atoms with Crippen LogP contribution >= 0.6 is 11.8 Å². The largest absolute Gasteiger partial charge is 0.411 e. The van der Waals surface area contributed by atoms with Crippen molar-refractivity contribution in [3.8, 4) is 11.5 Å². The van der Waals surface area contributed by atoms with Gasteiger partial charge in [0.1, 0.15) is 0 Å². The number of carbonyl (C=O) groups excluding carboxylic acids is 1. The lowest BCUT2D eigenvalue weighted by Crippen LogP contribution is -2.44. The van der Waals surface area contributed by atoms with Gasteiger partial charge in [0.2, 0.25) is 11.8 Å². The summed E-state index contributed by atoms with van der Waals surface area (Å²) in [5.74, 6) is 0.499. The van der Waals surface area contributed by atoms with E-state index in [9.17, 15) is 13.2 Å². The second-order valence-electron chi connectivity index (χ2n) is 6.63. The number of thioether (sulfide) groups is 1. The van der Waals surface area contributed by atoms with Crippen molar-refractivity contribution in [1.82, 2.24) is 15.1 Å². The molecule has 2 aromatic rings. The van der Waals surface area contributed by atoms with Crippen LogP contribution in [-0.4, -0.2) is 58.8 Å². The van der Waals surface area contributed by atoms with Gasteiger partial charge in [-0.15, -0.1) is 10.2 Å². The maximum atomic E-state index is 12.8. The molecule has 1 aliphatic heterocycles. The SMILES string of the molecule is CCN(C(=O)[C@H](C)Sc1nnc(-c2ccccc2C)o1)[C@@H]1CCS(=O)(=O)C1. The first-order valence-corrected chi connectivity index (χ1v) is 11.6. The molecule has 3 rings (SSSR count). The van der Waals surface area contributed by atoms with E-state index in [1.807, 2.05) is 38.1 Å². The third-order valence-electron chi connectivity index (χ3n) is 4.68. The summed E-state index contributed by atoms with van der Waals surface area (Å²) in [5, 5.41) is 8.00. The Morgan fingerprint density at radius 1 is 1.37 bits per heavy atom. The summed E-state index contributed by atoms with van der Waals surface area (Å²) >= 11 is 1.19. The van der Waals surface area contributed by atoms with E-state index in [0.29, 0.717) is 24.1 Å². The molecule has 9 heteroatoms. The molecule has 7 nitrogen and oxygen atoms in total. The molecule has 146 valence electrons. The summed E-state index contributed by atoms with van der Waals surface area (Å²) in [4.78, 5) is 14.5. The van der Waals surface area contributed by atoms with Crippen molar-refractivity contribution in [2.75, 3.05) is 18.1 Å². The van der Waals surface area contributed by atoms with Crippen LogP contribution in [0.1, 0.15) is 25.8 Å². The van der Waals surface area contributed by atoms with E-state index in [0.717, 1.165) is 11.1 Å². The van der Waals surface area contributed by atoms with Gasteiger partial charge in [0, 0.05) is 18.2 Å². The Kier molecular flexibility index (Phi) is 5.90. The zero-order chi connectivity index (χ0) is 19.6. The molecule has 27 heavy (non-hydrogen) atoms. The fourth-order valence-electron chi connectivity index (χ4n) is 3.23. The average Bonchev–Trinajstić information content (AvgIpc) is 3.22. The normalized spacial score (nSPS) is 19.7. The zero-order valence-electron chi connectivity index (χ0n) is 15.6. The molecule has 0 bridgehead atoms. The van der Waals surface area contributed by atoms with Crippen LogP contribution in [0.2, 0.25) is 0 Å². The minimum Gasteiger partial charge on any atom is -0.411 e. The van der Waals surface area contributed by atoms with E-state index in [4.69, 9.17) is 4.42 Å². The highest BCUT2D eigenvalue weighted by Crippen LogP contribution is 2.29. The predicted octanol–water partition coefficient (Wildman–Crippen LogP) is 2.56. The fourth-order valence-corrected chi connectivity index (χ4v) is 5.71. The molecule has 1 saturated heterocycles. The number of carbonyl (C=O) groups is 1. The van der Waals surface area contributed by atoms with E-state index in [2.05, 4.69) is 10.2 Å². The Hall–Kier alpha value is -1.87. The monoisotopic (exact) mass is 409 g/mol. The molecule has 1 amide bonds. The number of rotatable bonds is 6. The first-order valence-electron chi connectivity index (χ1n) is 8.88. The number of amides is 1. The highest BCUT2D eigenvalue weighted by atomic mass is 32.2. The smallest absolute Gasteiger partial charge is 0.277 e. The summed E-state index contributed by atoms with van der Waals surface area (Å²) in [6.45, 7) is 6.08. The van der Waals surface area contributed by atoms with E-state index < -0.39 is 15.1 Å². The summed E-state index contributed by atoms with van der Waals surface area (Å²) in [7, 11) is -3.04. The van der Waals surface area contributed by atoms with Gasteiger partial charge in [0.15, 0.2) is 9.84 Å². The van der Waals surface area contributed by atoms with Crippen LogP contribution in [0.15, 0.2) is 33.9 Å². The maximum absolute atomic E-state index is 12.8. The number of hydrogen-bond donors (Lipinski definition) is 0. The molecule has 1 aromatic carbocycles. The lowest BCUT2D eigenvalue weighted by atomic mass is 10.1. The third kappa shape index (κ3) is 4.52. The Balaban J connectivity index is 1.69. The van der Waals surface area contributed by atoms with Crippen LogP contribution in [0.25, 0.3) is 11.5 Å². The van der Waals surface area contributed by atoms with Crippen molar-refractivity contribution in [3.05, 3.63) is 29.8 Å². The molecule has 0 N–H and O–H groups in total. The van der Waals surface area contributed by atoms with Gasteiger partial charge < -0.3 is 9.32 Å². The van der Waals surface area contributed by atoms with Gasteiger partial charge in [-0.2, -0.15) is 0 Å². The Morgan fingerprint density at radius 3 is 2.74 bits per heavy atom. The zero-order valence-corrected chi connectivity index (χ0v) is 17.2. The second-order valence-corrected chi connectivity index (χ2v) is 10.2. The van der Waals surface area contributed by atoms with Crippen molar-refractivity contribution in [2.45, 2.75) is 43.7 Å². The van der Waals surface area contributed by atoms with Crippen LogP contribution in [0, 0.1) is 6.92 Å². The van der Waals surface area contributed by atoms with Crippen molar-refractivity contribution in [3.63, 3.8) is 0 Å². The molecule has 1 fully saturated rings. The van der Waals surface area contributed by atoms with Crippen molar-refractivity contribution in [1.29, 1.82) is 0 Å². The van der Waals surface area contributed by atoms with Gasteiger partial charge in [-0.05, 0) is 38.8 Å². The topological polar surface area (TPSA) is 93.4 Å². The molecule has 1 aliphatic rings. The number of aromatic nitrogens is 2. The first-order chi connectivity index (χ1) is 12.8. The molecule has 1 aromatic heterocycles. The second kappa shape index (κ2) is 8.02. The number of sulfone groups is 1. The minimum atomic E-state index is -3.04. The number of hydrogen-bond acceptors (Lipinski definition) is 7. The molecule has 2 atom stereocenters. The molecule has 0 aliphatic carbocycles. The summed E-state index contributed by atoms with van der Waals surface area (Å²) < 4.78 is 29.2. The Bertz CT molecular complexity index is 926. The van der Waals surface area contributed by atoms with Crippen LogP contribution in [-0.2, 0) is 14.6 Å². The first kappa shape index (κ1) is 19.9. The van der Waals surface area contributed by atoms with Crippen LogP contribution in [0.4, 0.5) is 0 Å². The van der Waals surface area contributed by atoms with Crippen molar-refractivity contribution in [2.24, 2.45) is 0 Å². The van der Waals surface area contributed by atoms with Gasteiger partial charge in [-0.25, -0.2) is 8.42 Å². The third-order valence-corrected chi connectivity index (χ3v) is 7.35. The lowest BCUT2D eigenvalue weighted by molar-refractivity contribution is -0.131. The Morgan fingerprint density at radius 2 is 2.11 bits per heavy atom. The minimum absolute atomic E-state index is 0.0436. The van der Waals surface area contributed by atoms with Crippen LogP contribution < -0.4 is 0 Å². The highest BCUT2D eigenvalue weighted by Gasteiger charge is 2.35. The fraction of sp³-hybridized carbons (Fsp3) is 0.500. The highest BCUT2D eigenvalue weighted by molar-refractivity contribution is 8.00. The quantitative estimate of drug-likeness (QED) is 0.677. The summed E-state index contributed by atoms with van der Waals surface area (Å²) in [6.07, 6.45) is 0.497. The van der Waals surface area contributed by atoms with Gasteiger partial charge in [-0.1, -0.05) is 30.0 Å². The van der Waals surface area contributed by atoms with E-state index in [-0.39, 0.29) is 23.5 Å². The predicted molar refractivity (Wildman–Crippen MR) is 104 cm³/mol. The summed E-state index contributed by atoms with van der Waals surface area (Å²) in [5.41, 5.74) is 1.89. The Labute approximate surface area is 163 Å². The number of nitrogens with zero attached hydrogens (tertiary/aromatic N) is 3. The van der Waals surface area contributed by atoms with E-state index in [1.54, 1.807) is 11.8 Å². The van der Waals surface area contributed by atoms with Gasteiger partial charge in [0.25, 0.3) is 5.22 Å². The van der Waals surface area contributed by atoms with Gasteiger partial charge in [-0.3, -0.25) is 4.79 Å². The number of aryl methyl sites for hydroxylation is 1. The van der Waals surface area contributed by atoms with E-state index >= 15 is 0 Å². The van der Waals surface area contributed by atoms with Crippen molar-refractivity contribution < 1.29 is 17.6 Å².